The van der Waals surface area contributed by atoms with E-state index in [4.69, 9.17) is 14.8 Å². The molecule has 0 saturated heterocycles. The molecule has 0 saturated carbocycles. The maximum Gasteiger partial charge on any atom is 0.472 e. The standard InChI is InChI=1S/C38H67N2O6P/c1-3-5-7-9-11-13-15-16-17-18-19-20-22-24-26-28-30-32-38(42)40-36(35-46-47(43,44)45-34-33-39)37(41)31-29-27-25-23-21-14-12-10-8-6-4-2/h5,7,11,13,16-17,19-20,24,26,29,31,36-37,41H,3-4,6,8-10,12,14-15,18,21-23,25,27-28,30,32-35,39H2,1-2H3,(H,40,42)(H,43,44)/b7-5-,13-11-,17-16-,20-19-,26-24-,31-29+. The maximum atomic E-state index is 12.6. The van der Waals surface area contributed by atoms with Crippen LogP contribution < -0.4 is 11.1 Å². The van der Waals surface area contributed by atoms with Gasteiger partial charge >= 0.3 is 7.82 Å². The number of aliphatic hydroxyl groups is 1. The zero-order chi connectivity index (χ0) is 34.7. The Hall–Kier alpha value is -2.06. The van der Waals surface area contributed by atoms with Crippen molar-refractivity contribution in [1.82, 2.24) is 5.32 Å². The fraction of sp³-hybridized carbons (Fsp3) is 0.658. The quantitative estimate of drug-likeness (QED) is 0.0317. The molecule has 0 aliphatic carbocycles. The monoisotopic (exact) mass is 678 g/mol. The largest absolute Gasteiger partial charge is 0.472 e. The predicted octanol–water partition coefficient (Wildman–Crippen LogP) is 9.32. The second-order valence-corrected chi connectivity index (χ2v) is 13.1. The zero-order valence-corrected chi connectivity index (χ0v) is 30.4. The van der Waals surface area contributed by atoms with E-state index >= 15 is 0 Å². The van der Waals surface area contributed by atoms with Crippen molar-refractivity contribution in [2.75, 3.05) is 19.8 Å². The Morgan fingerprint density at radius 2 is 1.23 bits per heavy atom. The molecule has 5 N–H and O–H groups in total. The summed E-state index contributed by atoms with van der Waals surface area (Å²) in [5.41, 5.74) is 5.34. The minimum atomic E-state index is -4.35. The lowest BCUT2D eigenvalue weighted by Crippen LogP contribution is -2.45. The van der Waals surface area contributed by atoms with Gasteiger partial charge in [-0.05, 0) is 57.8 Å². The molecule has 0 rings (SSSR count). The highest BCUT2D eigenvalue weighted by atomic mass is 31.2. The number of nitrogens with one attached hydrogen (secondary N) is 1. The van der Waals surface area contributed by atoms with E-state index in [1.807, 2.05) is 6.08 Å². The maximum absolute atomic E-state index is 12.6. The average Bonchev–Trinajstić information content (AvgIpc) is 3.05. The van der Waals surface area contributed by atoms with Crippen molar-refractivity contribution < 1.29 is 28.4 Å². The van der Waals surface area contributed by atoms with Gasteiger partial charge in [-0.2, -0.15) is 0 Å². The molecule has 1 amide bonds. The molecule has 47 heavy (non-hydrogen) atoms. The van der Waals surface area contributed by atoms with Crippen LogP contribution >= 0.6 is 7.82 Å². The van der Waals surface area contributed by atoms with Gasteiger partial charge < -0.3 is 21.1 Å². The summed E-state index contributed by atoms with van der Waals surface area (Å²) in [4.78, 5) is 22.5. The second-order valence-electron chi connectivity index (χ2n) is 11.7. The molecule has 0 radical (unpaired) electrons. The van der Waals surface area contributed by atoms with E-state index in [-0.39, 0.29) is 32.1 Å². The van der Waals surface area contributed by atoms with Crippen LogP contribution in [0.1, 0.15) is 129 Å². The van der Waals surface area contributed by atoms with Gasteiger partial charge in [0.25, 0.3) is 0 Å². The number of unbranched alkanes of at least 4 members (excludes halogenated alkanes) is 10. The number of carbonyl (C=O) groups is 1. The highest BCUT2D eigenvalue weighted by Crippen LogP contribution is 2.43. The number of phosphoric ester groups is 1. The van der Waals surface area contributed by atoms with E-state index in [9.17, 15) is 19.4 Å². The first kappa shape index (κ1) is 44.9. The molecular weight excluding hydrogens is 611 g/mol. The van der Waals surface area contributed by atoms with Crippen molar-refractivity contribution in [3.8, 4) is 0 Å². The van der Waals surface area contributed by atoms with Crippen LogP contribution in [0, 0.1) is 0 Å². The molecule has 270 valence electrons. The molecule has 8 nitrogen and oxygen atoms in total. The van der Waals surface area contributed by atoms with Gasteiger partial charge in [-0.1, -0.05) is 138 Å². The van der Waals surface area contributed by atoms with Crippen LogP contribution in [-0.4, -0.2) is 47.8 Å². The Morgan fingerprint density at radius 3 is 1.79 bits per heavy atom. The van der Waals surface area contributed by atoms with Gasteiger partial charge in [0, 0.05) is 13.0 Å². The van der Waals surface area contributed by atoms with Crippen molar-refractivity contribution >= 4 is 13.7 Å². The first-order chi connectivity index (χ1) is 22.9. The predicted molar refractivity (Wildman–Crippen MR) is 198 cm³/mol. The minimum absolute atomic E-state index is 0.0657. The number of allylic oxidation sites excluding steroid dienone is 11. The Labute approximate surface area is 287 Å². The number of amides is 1. The van der Waals surface area contributed by atoms with Crippen molar-refractivity contribution in [3.05, 3.63) is 72.9 Å². The number of aliphatic hydroxyl groups excluding tert-OH is 1. The van der Waals surface area contributed by atoms with Crippen LogP contribution in [-0.2, 0) is 18.4 Å². The topological polar surface area (TPSA) is 131 Å². The molecule has 0 fully saturated rings. The third-order valence-corrected chi connectivity index (χ3v) is 8.27. The fourth-order valence-corrected chi connectivity index (χ4v) is 5.34. The summed E-state index contributed by atoms with van der Waals surface area (Å²) in [6.07, 6.45) is 42.4. The van der Waals surface area contributed by atoms with Gasteiger partial charge in [0.1, 0.15) is 0 Å². The SMILES string of the molecule is CC/C=C\C/C=C\C/C=C\C/C=C\C/C=C\CCCC(=O)NC(COP(=O)(O)OCCN)C(O)/C=C/CCCCCCCCCCC. The minimum Gasteiger partial charge on any atom is -0.387 e. The van der Waals surface area contributed by atoms with Gasteiger partial charge in [-0.3, -0.25) is 13.8 Å². The fourth-order valence-electron chi connectivity index (χ4n) is 4.58. The van der Waals surface area contributed by atoms with Crippen molar-refractivity contribution in [2.45, 2.75) is 142 Å². The molecular formula is C38H67N2O6P. The van der Waals surface area contributed by atoms with Crippen molar-refractivity contribution in [2.24, 2.45) is 5.73 Å². The lowest BCUT2D eigenvalue weighted by molar-refractivity contribution is -0.122. The van der Waals surface area contributed by atoms with E-state index in [0.717, 1.165) is 57.8 Å². The third kappa shape index (κ3) is 32.3. The van der Waals surface area contributed by atoms with Crippen LogP contribution in [0.25, 0.3) is 0 Å². The number of phosphoric acid groups is 1. The van der Waals surface area contributed by atoms with Gasteiger partial charge in [-0.25, -0.2) is 4.57 Å². The van der Waals surface area contributed by atoms with E-state index in [0.29, 0.717) is 6.42 Å². The van der Waals surface area contributed by atoms with Crippen molar-refractivity contribution in [3.63, 3.8) is 0 Å². The highest BCUT2D eigenvalue weighted by Gasteiger charge is 2.26. The van der Waals surface area contributed by atoms with E-state index in [2.05, 4.69) is 79.9 Å². The summed E-state index contributed by atoms with van der Waals surface area (Å²) in [7, 11) is -4.35. The van der Waals surface area contributed by atoms with Crippen LogP contribution in [0.5, 0.6) is 0 Å². The summed E-state index contributed by atoms with van der Waals surface area (Å²) in [5.74, 6) is -0.256. The molecule has 0 spiro atoms. The van der Waals surface area contributed by atoms with Gasteiger partial charge in [0.15, 0.2) is 0 Å². The number of hydrogen-bond donors (Lipinski definition) is 4. The molecule has 3 unspecified atom stereocenters. The van der Waals surface area contributed by atoms with Crippen LogP contribution in [0.3, 0.4) is 0 Å². The summed E-state index contributed by atoms with van der Waals surface area (Å²) >= 11 is 0. The summed E-state index contributed by atoms with van der Waals surface area (Å²) < 4.78 is 22.0. The molecule has 3 atom stereocenters. The van der Waals surface area contributed by atoms with E-state index < -0.39 is 20.0 Å². The van der Waals surface area contributed by atoms with Crippen LogP contribution in [0.2, 0.25) is 0 Å². The smallest absolute Gasteiger partial charge is 0.387 e. The molecule has 0 aliphatic rings. The van der Waals surface area contributed by atoms with Gasteiger partial charge in [0.2, 0.25) is 5.91 Å². The molecule has 0 heterocycles. The Balaban J connectivity index is 4.47. The normalized spacial score (nSPS) is 15.3. The van der Waals surface area contributed by atoms with Crippen molar-refractivity contribution in [1.29, 1.82) is 0 Å². The summed E-state index contributed by atoms with van der Waals surface area (Å²) in [6, 6.07) is -0.891. The van der Waals surface area contributed by atoms with Crippen LogP contribution in [0.15, 0.2) is 72.9 Å². The molecule has 9 heteroatoms. The Kier molecular flexibility index (Phi) is 32.3. The Bertz CT molecular complexity index is 960. The molecule has 0 aliphatic heterocycles. The van der Waals surface area contributed by atoms with Gasteiger partial charge in [-0.15, -0.1) is 0 Å². The second kappa shape index (κ2) is 33.8. The lowest BCUT2D eigenvalue weighted by Gasteiger charge is -2.23. The first-order valence-corrected chi connectivity index (χ1v) is 19.6. The average molecular weight is 679 g/mol. The third-order valence-electron chi connectivity index (χ3n) is 7.29. The zero-order valence-electron chi connectivity index (χ0n) is 29.5. The van der Waals surface area contributed by atoms with Gasteiger partial charge in [0.05, 0.1) is 25.4 Å². The number of carbonyl (C=O) groups excluding carboxylic acids is 1. The highest BCUT2D eigenvalue weighted by molar-refractivity contribution is 7.47. The molecule has 0 bridgehead atoms. The Morgan fingerprint density at radius 1 is 0.723 bits per heavy atom. The van der Waals surface area contributed by atoms with E-state index in [1.165, 1.54) is 44.9 Å². The molecule has 0 aromatic rings. The lowest BCUT2D eigenvalue weighted by atomic mass is 10.1. The summed E-state index contributed by atoms with van der Waals surface area (Å²) in [5, 5.41) is 13.5. The summed E-state index contributed by atoms with van der Waals surface area (Å²) in [6.45, 7) is 3.92. The van der Waals surface area contributed by atoms with E-state index in [1.54, 1.807) is 6.08 Å². The molecule has 0 aromatic carbocycles. The van der Waals surface area contributed by atoms with Crippen LogP contribution in [0.4, 0.5) is 0 Å². The first-order valence-electron chi connectivity index (χ1n) is 18.1. The number of rotatable bonds is 32. The molecule has 0 aromatic heterocycles. The number of nitrogens with two attached hydrogens (primary N) is 1. The number of hydrogen-bond acceptors (Lipinski definition) is 6.